The molecule has 15 heavy (non-hydrogen) atoms. The molecule has 2 heterocycles. The van der Waals surface area contributed by atoms with Crippen molar-refractivity contribution in [2.45, 2.75) is 25.0 Å². The monoisotopic (exact) mass is 205 g/mol. The molecule has 0 saturated carbocycles. The molecule has 1 aromatic carbocycles. The Hall–Kier alpha value is -0.900. The van der Waals surface area contributed by atoms with Crippen molar-refractivity contribution in [3.8, 4) is 0 Å². The Morgan fingerprint density at radius 2 is 2.27 bits per heavy atom. The van der Waals surface area contributed by atoms with E-state index in [9.17, 15) is 0 Å². The van der Waals surface area contributed by atoms with Crippen LogP contribution in [0, 0.1) is 0 Å². The van der Waals surface area contributed by atoms with E-state index in [1.165, 1.54) is 11.1 Å². The minimum Gasteiger partial charge on any atom is -0.394 e. The summed E-state index contributed by atoms with van der Waals surface area (Å²) >= 11 is 0. The maximum atomic E-state index is 9.11. The van der Waals surface area contributed by atoms with Crippen LogP contribution in [0.4, 0.5) is 0 Å². The molecule has 3 heteroatoms. The Bertz CT molecular complexity index is 366. The average molecular weight is 205 g/mol. The molecule has 80 valence electrons. The summed E-state index contributed by atoms with van der Waals surface area (Å²) in [7, 11) is 0. The first kappa shape index (κ1) is 9.33. The molecular formula is C12H15NO2. The fourth-order valence-electron chi connectivity index (χ4n) is 2.59. The summed E-state index contributed by atoms with van der Waals surface area (Å²) in [5.41, 5.74) is 2.81. The van der Waals surface area contributed by atoms with Gasteiger partial charge >= 0.3 is 0 Å². The molecule has 0 amide bonds. The quantitative estimate of drug-likeness (QED) is 0.749. The molecule has 0 bridgehead atoms. The number of hydroxylamine groups is 2. The van der Waals surface area contributed by atoms with Crippen molar-refractivity contribution in [3.05, 3.63) is 35.4 Å². The Kier molecular flexibility index (Phi) is 2.24. The second-order valence-electron chi connectivity index (χ2n) is 4.25. The topological polar surface area (TPSA) is 32.7 Å². The van der Waals surface area contributed by atoms with Gasteiger partial charge in [-0.05, 0) is 24.0 Å². The molecule has 2 atom stereocenters. The van der Waals surface area contributed by atoms with Crippen LogP contribution >= 0.6 is 0 Å². The Labute approximate surface area is 89.2 Å². The summed E-state index contributed by atoms with van der Waals surface area (Å²) in [4.78, 5) is 5.65. The Balaban J connectivity index is 1.93. The van der Waals surface area contributed by atoms with Gasteiger partial charge < -0.3 is 5.11 Å². The van der Waals surface area contributed by atoms with Gasteiger partial charge in [0.25, 0.3) is 0 Å². The largest absolute Gasteiger partial charge is 0.394 e. The normalized spacial score (nSPS) is 29.9. The van der Waals surface area contributed by atoms with Crippen LogP contribution in [0.2, 0.25) is 0 Å². The summed E-state index contributed by atoms with van der Waals surface area (Å²) < 4.78 is 0. The smallest absolute Gasteiger partial charge is 0.104 e. The van der Waals surface area contributed by atoms with Crippen LogP contribution in [0.3, 0.4) is 0 Å². The molecule has 0 spiro atoms. The number of hydrogen-bond acceptors (Lipinski definition) is 3. The number of aliphatic hydroxyl groups is 1. The first-order chi connectivity index (χ1) is 7.38. The standard InChI is InChI=1S/C12H15NO2/c14-8-10-7-12-11-4-2-1-3-9(11)5-6-13(12)15-10/h1-4,10,12,14H,5-8H2. The molecule has 1 aromatic rings. The van der Waals surface area contributed by atoms with Crippen molar-refractivity contribution in [3.63, 3.8) is 0 Å². The van der Waals surface area contributed by atoms with E-state index in [1.54, 1.807) is 0 Å². The lowest BCUT2D eigenvalue weighted by Crippen LogP contribution is -2.30. The van der Waals surface area contributed by atoms with Gasteiger partial charge in [0.05, 0.1) is 12.6 Å². The van der Waals surface area contributed by atoms with Gasteiger partial charge in [0.1, 0.15) is 6.10 Å². The zero-order chi connectivity index (χ0) is 10.3. The maximum Gasteiger partial charge on any atom is 0.104 e. The van der Waals surface area contributed by atoms with Gasteiger partial charge in [-0.2, -0.15) is 5.06 Å². The SMILES string of the molecule is OCC1CC2c3ccccc3CCN2O1. The molecule has 1 saturated heterocycles. The number of aliphatic hydroxyl groups excluding tert-OH is 1. The third kappa shape index (κ3) is 1.47. The van der Waals surface area contributed by atoms with Crippen LogP contribution in [0.1, 0.15) is 23.6 Å². The van der Waals surface area contributed by atoms with E-state index >= 15 is 0 Å². The minimum atomic E-state index is -0.0128. The predicted octanol–water partition coefficient (Wildman–Crippen LogP) is 1.28. The fourth-order valence-corrected chi connectivity index (χ4v) is 2.59. The number of benzene rings is 1. The highest BCUT2D eigenvalue weighted by Crippen LogP contribution is 2.38. The molecule has 1 fully saturated rings. The zero-order valence-electron chi connectivity index (χ0n) is 8.60. The van der Waals surface area contributed by atoms with Crippen molar-refractivity contribution < 1.29 is 9.94 Å². The van der Waals surface area contributed by atoms with Crippen LogP contribution in [-0.2, 0) is 11.3 Å². The summed E-state index contributed by atoms with van der Waals surface area (Å²) in [6.07, 6.45) is 1.94. The van der Waals surface area contributed by atoms with E-state index in [2.05, 4.69) is 24.3 Å². The average Bonchev–Trinajstić information content (AvgIpc) is 2.72. The van der Waals surface area contributed by atoms with Crippen LogP contribution in [-0.4, -0.2) is 29.4 Å². The molecule has 2 aliphatic heterocycles. The highest BCUT2D eigenvalue weighted by atomic mass is 16.7. The lowest BCUT2D eigenvalue weighted by molar-refractivity contribution is -0.173. The van der Waals surface area contributed by atoms with Gasteiger partial charge in [-0.25, -0.2) is 0 Å². The van der Waals surface area contributed by atoms with Crippen LogP contribution in [0.15, 0.2) is 24.3 Å². The van der Waals surface area contributed by atoms with Crippen LogP contribution < -0.4 is 0 Å². The van der Waals surface area contributed by atoms with Gasteiger partial charge in [-0.15, -0.1) is 0 Å². The molecule has 3 nitrogen and oxygen atoms in total. The fraction of sp³-hybridized carbons (Fsp3) is 0.500. The van der Waals surface area contributed by atoms with Crippen LogP contribution in [0.5, 0.6) is 0 Å². The summed E-state index contributed by atoms with van der Waals surface area (Å²) in [5, 5.41) is 11.1. The van der Waals surface area contributed by atoms with Crippen molar-refractivity contribution in [2.24, 2.45) is 0 Å². The van der Waals surface area contributed by atoms with Crippen LogP contribution in [0.25, 0.3) is 0 Å². The molecular weight excluding hydrogens is 190 g/mol. The first-order valence-corrected chi connectivity index (χ1v) is 5.50. The van der Waals surface area contributed by atoms with Crippen molar-refractivity contribution in [1.29, 1.82) is 0 Å². The third-order valence-electron chi connectivity index (χ3n) is 3.34. The van der Waals surface area contributed by atoms with Gasteiger partial charge in [0, 0.05) is 6.54 Å². The molecule has 1 N–H and O–H groups in total. The first-order valence-electron chi connectivity index (χ1n) is 5.50. The van der Waals surface area contributed by atoms with Crippen molar-refractivity contribution in [2.75, 3.05) is 13.2 Å². The van der Waals surface area contributed by atoms with E-state index in [4.69, 9.17) is 9.94 Å². The molecule has 0 radical (unpaired) electrons. The molecule has 0 aromatic heterocycles. The molecule has 2 unspecified atom stereocenters. The highest BCUT2D eigenvalue weighted by Gasteiger charge is 2.37. The van der Waals surface area contributed by atoms with Gasteiger partial charge in [-0.3, -0.25) is 4.84 Å². The number of rotatable bonds is 1. The van der Waals surface area contributed by atoms with E-state index < -0.39 is 0 Å². The highest BCUT2D eigenvalue weighted by molar-refractivity contribution is 5.32. The van der Waals surface area contributed by atoms with Gasteiger partial charge in [-0.1, -0.05) is 24.3 Å². The van der Waals surface area contributed by atoms with E-state index in [0.29, 0.717) is 6.04 Å². The van der Waals surface area contributed by atoms with E-state index in [1.807, 2.05) is 5.06 Å². The number of hydrogen-bond donors (Lipinski definition) is 1. The number of fused-ring (bicyclic) bond motifs is 3. The Morgan fingerprint density at radius 1 is 1.40 bits per heavy atom. The second-order valence-corrected chi connectivity index (χ2v) is 4.25. The molecule has 2 aliphatic rings. The summed E-state index contributed by atoms with van der Waals surface area (Å²) in [5.74, 6) is 0. The summed E-state index contributed by atoms with van der Waals surface area (Å²) in [6, 6.07) is 8.89. The molecule has 0 aliphatic carbocycles. The second kappa shape index (κ2) is 3.59. The van der Waals surface area contributed by atoms with Crippen molar-refractivity contribution in [1.82, 2.24) is 5.06 Å². The van der Waals surface area contributed by atoms with E-state index in [-0.39, 0.29) is 12.7 Å². The summed E-state index contributed by atoms with van der Waals surface area (Å²) in [6.45, 7) is 1.06. The van der Waals surface area contributed by atoms with E-state index in [0.717, 1.165) is 19.4 Å². The number of nitrogens with zero attached hydrogens (tertiary/aromatic N) is 1. The van der Waals surface area contributed by atoms with Gasteiger partial charge in [0.15, 0.2) is 0 Å². The maximum absolute atomic E-state index is 9.11. The lowest BCUT2D eigenvalue weighted by Gasteiger charge is -2.29. The zero-order valence-corrected chi connectivity index (χ0v) is 8.60. The Morgan fingerprint density at radius 3 is 3.13 bits per heavy atom. The third-order valence-corrected chi connectivity index (χ3v) is 3.34. The minimum absolute atomic E-state index is 0.0128. The van der Waals surface area contributed by atoms with Crippen molar-refractivity contribution >= 4 is 0 Å². The van der Waals surface area contributed by atoms with Gasteiger partial charge in [0.2, 0.25) is 0 Å². The predicted molar refractivity (Wildman–Crippen MR) is 56.2 cm³/mol. The lowest BCUT2D eigenvalue weighted by atomic mass is 9.92. The molecule has 3 rings (SSSR count).